The lowest BCUT2D eigenvalue weighted by Crippen LogP contribution is -2.36. The molecule has 0 radical (unpaired) electrons. The van der Waals surface area contributed by atoms with Crippen LogP contribution in [-0.2, 0) is 0 Å². The van der Waals surface area contributed by atoms with Gasteiger partial charge >= 0.3 is 0 Å². The zero-order valence-electron chi connectivity index (χ0n) is 16.3. The summed E-state index contributed by atoms with van der Waals surface area (Å²) in [5.41, 5.74) is 0. The lowest BCUT2D eigenvalue weighted by Gasteiger charge is -2.49. The smallest absolute Gasteiger partial charge is 0.0975 e. The van der Waals surface area contributed by atoms with E-state index in [2.05, 4.69) is 74.1 Å². The van der Waals surface area contributed by atoms with Crippen LogP contribution in [0.2, 0.25) is 0 Å². The van der Waals surface area contributed by atoms with Crippen molar-refractivity contribution in [2.75, 3.05) is 52.4 Å². The van der Waals surface area contributed by atoms with Crippen LogP contribution in [0.4, 0.5) is 0 Å². The monoisotopic (exact) mass is 350 g/mol. The zero-order valence-corrected chi connectivity index (χ0v) is 18.1. The van der Waals surface area contributed by atoms with Gasteiger partial charge in [0.25, 0.3) is 0 Å². The summed E-state index contributed by atoms with van der Waals surface area (Å²) < 4.78 is 10.9. The molecular weight excluding hydrogens is 310 g/mol. The summed E-state index contributed by atoms with van der Waals surface area (Å²) in [6, 6.07) is 0. The summed E-state index contributed by atoms with van der Waals surface area (Å²) in [6.07, 6.45) is 0. The van der Waals surface area contributed by atoms with Gasteiger partial charge in [0.2, 0.25) is 0 Å². The molecule has 0 aromatic carbocycles. The third-order valence-electron chi connectivity index (χ3n) is 4.09. The zero-order chi connectivity index (χ0) is 17.1. The van der Waals surface area contributed by atoms with Crippen LogP contribution in [0.1, 0.15) is 55.4 Å². The highest BCUT2D eigenvalue weighted by molar-refractivity contribution is 8.25. The van der Waals surface area contributed by atoms with Crippen molar-refractivity contribution in [3.05, 3.63) is 0 Å². The minimum Gasteiger partial charge on any atom is -0.265 e. The van der Waals surface area contributed by atoms with Gasteiger partial charge in [0.15, 0.2) is 0 Å². The summed E-state index contributed by atoms with van der Waals surface area (Å²) in [5, 5.41) is 0. The van der Waals surface area contributed by atoms with Crippen molar-refractivity contribution in [3.63, 3.8) is 0 Å². The van der Waals surface area contributed by atoms with Crippen LogP contribution in [0.3, 0.4) is 0 Å². The molecule has 6 heteroatoms. The Balaban J connectivity index is 5.77. The molecule has 4 nitrogen and oxygen atoms in total. The Hall–Kier alpha value is 0.700. The van der Waals surface area contributed by atoms with E-state index < -0.39 is 0 Å². The van der Waals surface area contributed by atoms with Crippen molar-refractivity contribution in [1.29, 1.82) is 0 Å². The predicted molar refractivity (Wildman–Crippen MR) is 106 cm³/mol. The van der Waals surface area contributed by atoms with Crippen LogP contribution in [-0.4, -0.2) is 71.0 Å². The van der Waals surface area contributed by atoms with Gasteiger partial charge in [-0.3, -0.25) is 18.7 Å². The van der Waals surface area contributed by atoms with Gasteiger partial charge < -0.3 is 0 Å². The first-order chi connectivity index (χ1) is 10.6. The molecule has 0 rings (SSSR count). The summed E-state index contributed by atoms with van der Waals surface area (Å²) in [7, 11) is -0.540. The fourth-order valence-corrected chi connectivity index (χ4v) is 12.1. The van der Waals surface area contributed by atoms with E-state index in [0.29, 0.717) is 0 Å². The molecule has 0 fully saturated rings. The fourth-order valence-electron chi connectivity index (χ4n) is 2.72. The van der Waals surface area contributed by atoms with Crippen LogP contribution < -0.4 is 0 Å². The van der Waals surface area contributed by atoms with Gasteiger partial charge in [0.05, 0.1) is 15.8 Å². The SMILES string of the molecule is CCN(CC)P(N(CC)CC)P(N(CC)CC)N(CC)CC. The molecule has 0 spiro atoms. The van der Waals surface area contributed by atoms with Gasteiger partial charge in [0.1, 0.15) is 0 Å². The average Bonchev–Trinajstić information content (AvgIpc) is 2.56. The molecule has 134 valence electrons. The molecule has 0 aromatic heterocycles. The second-order valence-corrected chi connectivity index (χ2v) is 10.6. The Kier molecular flexibility index (Phi) is 13.5. The lowest BCUT2D eigenvalue weighted by atomic mass is 10.7. The molecule has 0 aliphatic rings. The maximum atomic E-state index is 2.73. The first-order valence-electron chi connectivity index (χ1n) is 9.19. The molecule has 0 aromatic rings. The van der Waals surface area contributed by atoms with Crippen LogP contribution >= 0.6 is 15.8 Å². The first-order valence-corrected chi connectivity index (χ1v) is 12.4. The van der Waals surface area contributed by atoms with Gasteiger partial charge in [-0.2, -0.15) is 0 Å². The van der Waals surface area contributed by atoms with Gasteiger partial charge in [0, 0.05) is 52.4 Å². The molecule has 0 aliphatic carbocycles. The van der Waals surface area contributed by atoms with E-state index in [-0.39, 0.29) is 15.8 Å². The van der Waals surface area contributed by atoms with Crippen LogP contribution in [0, 0.1) is 0 Å². The van der Waals surface area contributed by atoms with E-state index in [4.69, 9.17) is 0 Å². The standard InChI is InChI=1S/C16H40N4P2/c1-9-17(10-2)21(18(11-3)12-4)22(19(13-5)14-6)20(15-7)16-8/h9-16H2,1-8H3. The molecule has 0 atom stereocenters. The number of hydrogen-bond acceptors (Lipinski definition) is 4. The van der Waals surface area contributed by atoms with Crippen molar-refractivity contribution in [2.24, 2.45) is 0 Å². The first kappa shape index (κ1) is 22.7. The molecule has 0 aliphatic heterocycles. The number of hydrogen-bond donors (Lipinski definition) is 0. The van der Waals surface area contributed by atoms with E-state index in [1.54, 1.807) is 0 Å². The van der Waals surface area contributed by atoms with Crippen molar-refractivity contribution in [2.45, 2.75) is 55.4 Å². The van der Waals surface area contributed by atoms with Crippen molar-refractivity contribution >= 4 is 15.8 Å². The topological polar surface area (TPSA) is 13.0 Å². The Labute approximate surface area is 142 Å². The number of nitrogens with zero attached hydrogens (tertiary/aromatic N) is 4. The highest BCUT2D eigenvalue weighted by atomic mass is 32.1. The minimum absolute atomic E-state index is 0.270. The molecule has 0 amide bonds. The van der Waals surface area contributed by atoms with Gasteiger partial charge in [-0.15, -0.1) is 0 Å². The van der Waals surface area contributed by atoms with Crippen LogP contribution in [0.15, 0.2) is 0 Å². The summed E-state index contributed by atoms with van der Waals surface area (Å²) in [5.74, 6) is 0. The summed E-state index contributed by atoms with van der Waals surface area (Å²) in [6.45, 7) is 27.8. The number of rotatable bonds is 13. The Morgan fingerprint density at radius 1 is 0.364 bits per heavy atom. The quantitative estimate of drug-likeness (QED) is 0.438. The minimum atomic E-state index is -0.270. The predicted octanol–water partition coefficient (Wildman–Crippen LogP) is 4.89. The second kappa shape index (κ2) is 13.0. The second-order valence-electron chi connectivity index (χ2n) is 5.09. The highest BCUT2D eigenvalue weighted by Crippen LogP contribution is 2.75. The highest BCUT2D eigenvalue weighted by Gasteiger charge is 2.37. The third kappa shape index (κ3) is 5.96. The van der Waals surface area contributed by atoms with E-state index in [1.807, 2.05) is 0 Å². The molecule has 0 heterocycles. The van der Waals surface area contributed by atoms with Gasteiger partial charge in [-0.05, 0) is 0 Å². The average molecular weight is 350 g/mol. The molecule has 0 bridgehead atoms. The summed E-state index contributed by atoms with van der Waals surface area (Å²) >= 11 is 0. The normalized spacial score (nSPS) is 12.8. The Bertz CT molecular complexity index is 203. The van der Waals surface area contributed by atoms with Crippen molar-refractivity contribution in [3.8, 4) is 0 Å². The molecule has 0 saturated carbocycles. The Morgan fingerprint density at radius 3 is 0.591 bits per heavy atom. The van der Waals surface area contributed by atoms with E-state index >= 15 is 0 Å². The largest absolute Gasteiger partial charge is 0.265 e. The molecule has 0 N–H and O–H groups in total. The van der Waals surface area contributed by atoms with Gasteiger partial charge in [-0.25, -0.2) is 0 Å². The summed E-state index contributed by atoms with van der Waals surface area (Å²) in [4.78, 5) is 0. The fraction of sp³-hybridized carbons (Fsp3) is 1.00. The van der Waals surface area contributed by atoms with Crippen LogP contribution in [0.5, 0.6) is 0 Å². The van der Waals surface area contributed by atoms with Crippen LogP contribution in [0.25, 0.3) is 0 Å². The van der Waals surface area contributed by atoms with Crippen molar-refractivity contribution < 1.29 is 0 Å². The lowest BCUT2D eigenvalue weighted by molar-refractivity contribution is 0.407. The molecule has 0 saturated heterocycles. The molecular formula is C16H40N4P2. The maximum absolute atomic E-state index is 2.73. The molecule has 22 heavy (non-hydrogen) atoms. The van der Waals surface area contributed by atoms with Gasteiger partial charge in [-0.1, -0.05) is 55.4 Å². The maximum Gasteiger partial charge on any atom is 0.0975 e. The Morgan fingerprint density at radius 2 is 0.500 bits per heavy atom. The van der Waals surface area contributed by atoms with E-state index in [9.17, 15) is 0 Å². The molecule has 0 unspecified atom stereocenters. The van der Waals surface area contributed by atoms with E-state index in [1.165, 1.54) is 0 Å². The van der Waals surface area contributed by atoms with E-state index in [0.717, 1.165) is 52.4 Å². The third-order valence-corrected chi connectivity index (χ3v) is 12.7. The van der Waals surface area contributed by atoms with Crippen molar-refractivity contribution in [1.82, 2.24) is 18.7 Å².